The molecule has 1 amide bonds. The zero-order chi connectivity index (χ0) is 12.3. The minimum atomic E-state index is -0.205. The van der Waals surface area contributed by atoms with E-state index in [0.717, 1.165) is 45.3 Å². The van der Waals surface area contributed by atoms with Gasteiger partial charge in [-0.05, 0) is 45.4 Å². The van der Waals surface area contributed by atoms with Gasteiger partial charge in [0, 0.05) is 25.2 Å². The van der Waals surface area contributed by atoms with Gasteiger partial charge in [0.1, 0.15) is 6.10 Å². The second-order valence-corrected chi connectivity index (χ2v) is 5.31. The lowest BCUT2D eigenvalue weighted by Gasteiger charge is -2.40. The van der Waals surface area contributed by atoms with Crippen LogP contribution in [-0.2, 0) is 9.53 Å². The van der Waals surface area contributed by atoms with Crippen LogP contribution in [0.4, 0.5) is 0 Å². The van der Waals surface area contributed by atoms with E-state index in [1.807, 2.05) is 11.8 Å². The molecule has 2 aliphatic heterocycles. The molecule has 0 spiro atoms. The second kappa shape index (κ2) is 7.31. The van der Waals surface area contributed by atoms with Crippen molar-refractivity contribution in [2.45, 2.75) is 63.6 Å². The molecule has 2 aliphatic rings. The normalized spacial score (nSPS) is 30.4. The summed E-state index contributed by atoms with van der Waals surface area (Å²) in [7, 11) is 0. The first kappa shape index (κ1) is 15.7. The summed E-state index contributed by atoms with van der Waals surface area (Å²) < 4.78 is 5.59. The van der Waals surface area contributed by atoms with Crippen LogP contribution in [0.1, 0.15) is 45.4 Å². The first-order valence-corrected chi connectivity index (χ1v) is 6.88. The minimum absolute atomic E-state index is 0. The first-order valence-electron chi connectivity index (χ1n) is 6.88. The van der Waals surface area contributed by atoms with Crippen LogP contribution in [0.15, 0.2) is 0 Å². The summed E-state index contributed by atoms with van der Waals surface area (Å²) in [4.78, 5) is 14.4. The maximum absolute atomic E-state index is 12.4. The van der Waals surface area contributed by atoms with Gasteiger partial charge < -0.3 is 15.4 Å². The summed E-state index contributed by atoms with van der Waals surface area (Å²) in [6.45, 7) is 3.58. The van der Waals surface area contributed by atoms with E-state index in [9.17, 15) is 4.79 Å². The van der Waals surface area contributed by atoms with Gasteiger partial charge in [-0.2, -0.15) is 0 Å². The Morgan fingerprint density at radius 2 is 2.00 bits per heavy atom. The Balaban J connectivity index is 0.00000162. The van der Waals surface area contributed by atoms with Crippen molar-refractivity contribution in [1.29, 1.82) is 0 Å². The third-order valence-corrected chi connectivity index (χ3v) is 3.89. The number of carbonyl (C=O) groups excluding carboxylic acids is 1. The maximum atomic E-state index is 12.4. The topological polar surface area (TPSA) is 55.6 Å². The number of amides is 1. The lowest BCUT2D eigenvalue weighted by molar-refractivity contribution is -0.150. The molecule has 106 valence electrons. The molecule has 2 fully saturated rings. The molecule has 3 unspecified atom stereocenters. The molecule has 0 radical (unpaired) electrons. The van der Waals surface area contributed by atoms with E-state index in [-0.39, 0.29) is 36.5 Å². The zero-order valence-corrected chi connectivity index (χ0v) is 12.0. The van der Waals surface area contributed by atoms with Crippen LogP contribution in [0.3, 0.4) is 0 Å². The van der Waals surface area contributed by atoms with E-state index in [4.69, 9.17) is 10.5 Å². The van der Waals surface area contributed by atoms with Crippen LogP contribution in [0.25, 0.3) is 0 Å². The third-order valence-electron chi connectivity index (χ3n) is 3.89. The number of ether oxygens (including phenoxy) is 1. The molecule has 0 aliphatic carbocycles. The van der Waals surface area contributed by atoms with Crippen molar-refractivity contribution >= 4 is 18.3 Å². The molecule has 0 aromatic heterocycles. The number of likely N-dealkylation sites (tertiary alicyclic amines) is 1. The molecule has 0 bridgehead atoms. The molecule has 5 heteroatoms. The number of halogens is 1. The maximum Gasteiger partial charge on any atom is 0.252 e. The smallest absolute Gasteiger partial charge is 0.252 e. The summed E-state index contributed by atoms with van der Waals surface area (Å²) in [5, 5.41) is 0. The number of nitrogens with zero attached hydrogens (tertiary/aromatic N) is 1. The first-order chi connectivity index (χ1) is 8.20. The Morgan fingerprint density at radius 1 is 1.28 bits per heavy atom. The van der Waals surface area contributed by atoms with Crippen LogP contribution in [0.2, 0.25) is 0 Å². The van der Waals surface area contributed by atoms with Crippen molar-refractivity contribution in [1.82, 2.24) is 4.90 Å². The number of rotatable bonds is 2. The summed E-state index contributed by atoms with van der Waals surface area (Å²) in [5.74, 6) is 0.173. The quantitative estimate of drug-likeness (QED) is 0.835. The lowest BCUT2D eigenvalue weighted by atomic mass is 9.95. The molecule has 0 aromatic rings. The zero-order valence-electron chi connectivity index (χ0n) is 11.1. The Hall–Kier alpha value is -0.320. The summed E-state index contributed by atoms with van der Waals surface area (Å²) in [6.07, 6.45) is 6.18. The Morgan fingerprint density at radius 3 is 2.61 bits per heavy atom. The van der Waals surface area contributed by atoms with Crippen molar-refractivity contribution in [2.24, 2.45) is 5.73 Å². The molecule has 2 N–H and O–H groups in total. The van der Waals surface area contributed by atoms with Gasteiger partial charge >= 0.3 is 0 Å². The van der Waals surface area contributed by atoms with E-state index in [1.165, 1.54) is 6.42 Å². The molecule has 2 heterocycles. The monoisotopic (exact) mass is 276 g/mol. The fraction of sp³-hybridized carbons (Fsp3) is 0.923. The van der Waals surface area contributed by atoms with Crippen LogP contribution in [0.5, 0.6) is 0 Å². The van der Waals surface area contributed by atoms with E-state index in [2.05, 4.69) is 0 Å². The summed E-state index contributed by atoms with van der Waals surface area (Å²) in [5.41, 5.74) is 5.99. The molecular weight excluding hydrogens is 252 g/mol. The Labute approximate surface area is 116 Å². The number of hydrogen-bond acceptors (Lipinski definition) is 3. The van der Waals surface area contributed by atoms with Crippen molar-refractivity contribution in [3.63, 3.8) is 0 Å². The van der Waals surface area contributed by atoms with Crippen LogP contribution < -0.4 is 5.73 Å². The molecule has 18 heavy (non-hydrogen) atoms. The van der Waals surface area contributed by atoms with Crippen molar-refractivity contribution in [3.05, 3.63) is 0 Å². The standard InChI is InChI=1S/C13H24N2O2.ClH/c1-10(14)11-6-2-4-8-15(11)13(16)12-7-3-5-9-17-12;/h10-12H,2-9,14H2,1H3;1H. The van der Waals surface area contributed by atoms with Crippen LogP contribution in [0, 0.1) is 0 Å². The average molecular weight is 277 g/mol. The summed E-state index contributed by atoms with van der Waals surface area (Å²) in [6, 6.07) is 0.268. The fourth-order valence-corrected chi connectivity index (χ4v) is 2.90. The molecular formula is C13H25ClN2O2. The third kappa shape index (κ3) is 3.59. The highest BCUT2D eigenvalue weighted by Crippen LogP contribution is 2.23. The molecule has 0 aromatic carbocycles. The number of piperidine rings is 1. The highest BCUT2D eigenvalue weighted by molar-refractivity contribution is 5.85. The van der Waals surface area contributed by atoms with Crippen molar-refractivity contribution in [3.8, 4) is 0 Å². The molecule has 2 saturated heterocycles. The van der Waals surface area contributed by atoms with Gasteiger partial charge in [0.05, 0.1) is 0 Å². The van der Waals surface area contributed by atoms with Gasteiger partial charge in [0.15, 0.2) is 0 Å². The molecule has 4 nitrogen and oxygen atoms in total. The number of carbonyl (C=O) groups is 1. The average Bonchev–Trinajstić information content (AvgIpc) is 2.39. The largest absolute Gasteiger partial charge is 0.368 e. The van der Waals surface area contributed by atoms with Gasteiger partial charge in [-0.25, -0.2) is 0 Å². The van der Waals surface area contributed by atoms with E-state index >= 15 is 0 Å². The summed E-state index contributed by atoms with van der Waals surface area (Å²) >= 11 is 0. The number of nitrogens with two attached hydrogens (primary N) is 1. The molecule has 3 atom stereocenters. The van der Waals surface area contributed by atoms with E-state index < -0.39 is 0 Å². The van der Waals surface area contributed by atoms with Gasteiger partial charge in [0.25, 0.3) is 5.91 Å². The van der Waals surface area contributed by atoms with Gasteiger partial charge in [-0.15, -0.1) is 12.4 Å². The van der Waals surface area contributed by atoms with Gasteiger partial charge in [0.2, 0.25) is 0 Å². The Kier molecular flexibility index (Phi) is 6.39. The predicted octanol–water partition coefficient (Wildman–Crippen LogP) is 1.71. The second-order valence-electron chi connectivity index (χ2n) is 5.31. The SMILES string of the molecule is CC(N)C1CCCCN1C(=O)C1CCCCO1.Cl. The van der Waals surface area contributed by atoms with E-state index in [1.54, 1.807) is 0 Å². The van der Waals surface area contributed by atoms with Crippen molar-refractivity contribution in [2.75, 3.05) is 13.2 Å². The number of hydrogen-bond donors (Lipinski definition) is 1. The highest BCUT2D eigenvalue weighted by Gasteiger charge is 2.34. The van der Waals surface area contributed by atoms with E-state index in [0.29, 0.717) is 0 Å². The van der Waals surface area contributed by atoms with Gasteiger partial charge in [-0.3, -0.25) is 4.79 Å². The van der Waals surface area contributed by atoms with Crippen LogP contribution in [-0.4, -0.2) is 42.1 Å². The predicted molar refractivity (Wildman–Crippen MR) is 73.8 cm³/mol. The van der Waals surface area contributed by atoms with Gasteiger partial charge in [-0.1, -0.05) is 0 Å². The highest BCUT2D eigenvalue weighted by atomic mass is 35.5. The molecule has 2 rings (SSSR count). The minimum Gasteiger partial charge on any atom is -0.368 e. The fourth-order valence-electron chi connectivity index (χ4n) is 2.90. The lowest BCUT2D eigenvalue weighted by Crippen LogP contribution is -2.55. The van der Waals surface area contributed by atoms with Crippen molar-refractivity contribution < 1.29 is 9.53 Å². The molecule has 0 saturated carbocycles. The Bertz CT molecular complexity index is 268. The van der Waals surface area contributed by atoms with Crippen LogP contribution >= 0.6 is 12.4 Å².